The Kier molecular flexibility index (Phi) is 9.00. The summed E-state index contributed by atoms with van der Waals surface area (Å²) in [6.07, 6.45) is 1.39. The van der Waals surface area contributed by atoms with Gasteiger partial charge in [0.1, 0.15) is 12.4 Å². The molecule has 0 saturated carbocycles. The van der Waals surface area contributed by atoms with Gasteiger partial charge in [-0.15, -0.1) is 10.2 Å². The number of nitrogens with one attached hydrogen (secondary N) is 1. The van der Waals surface area contributed by atoms with Gasteiger partial charge in [0, 0.05) is 16.8 Å². The quantitative estimate of drug-likeness (QED) is 0.179. The molecule has 0 radical (unpaired) electrons. The lowest BCUT2D eigenvalue weighted by atomic mass is 9.87. The minimum atomic E-state index is -1.33. The highest BCUT2D eigenvalue weighted by molar-refractivity contribution is 7.99. The van der Waals surface area contributed by atoms with Crippen LogP contribution in [0.5, 0.6) is 5.75 Å². The van der Waals surface area contributed by atoms with Gasteiger partial charge in [-0.25, -0.2) is 5.43 Å². The molecule has 0 fully saturated rings. The van der Waals surface area contributed by atoms with Gasteiger partial charge in [-0.3, -0.25) is 9.36 Å². The summed E-state index contributed by atoms with van der Waals surface area (Å²) < 4.78 is 7.14. The first-order valence-electron chi connectivity index (χ1n) is 12.6. The molecule has 0 spiro atoms. The second-order valence-electron chi connectivity index (χ2n) is 10.1. The Morgan fingerprint density at radius 1 is 1.02 bits per heavy atom. The van der Waals surface area contributed by atoms with E-state index in [1.165, 1.54) is 23.5 Å². The monoisotopic (exact) mass is 556 g/mol. The largest absolute Gasteiger partial charge is 0.546 e. The van der Waals surface area contributed by atoms with Crippen molar-refractivity contribution in [3.05, 3.63) is 89.5 Å². The van der Waals surface area contributed by atoms with Gasteiger partial charge in [0.05, 0.1) is 17.9 Å². The SMILES string of the molecule is Cc1ccc(-n2c(SCC(=O)NN=Cc3ccccc3OCC(=O)[O-])nnc2-c2ccc(C(C)(C)C)cc2)cc1. The smallest absolute Gasteiger partial charge is 0.250 e. The molecule has 4 rings (SSSR count). The Morgan fingerprint density at radius 3 is 2.40 bits per heavy atom. The Labute approximate surface area is 237 Å². The third-order valence-corrected chi connectivity index (χ3v) is 6.85. The predicted molar refractivity (Wildman–Crippen MR) is 154 cm³/mol. The Hall–Kier alpha value is -4.44. The number of thioether (sulfide) groups is 1. The summed E-state index contributed by atoms with van der Waals surface area (Å²) in [7, 11) is 0. The standard InChI is InChI=1S/C30H31N5O4S/c1-20-9-15-24(16-10-20)35-28(21-11-13-23(14-12-21)30(2,3)4)33-34-29(35)40-19-26(36)32-31-17-22-7-5-6-8-25(22)39-18-27(37)38/h5-17H,18-19H2,1-4H3,(H,32,36)(H,37,38)/p-1. The summed E-state index contributed by atoms with van der Waals surface area (Å²) in [5, 5.41) is 24.1. The number of aromatic nitrogens is 3. The van der Waals surface area contributed by atoms with Crippen molar-refractivity contribution >= 4 is 29.9 Å². The maximum atomic E-state index is 12.6. The van der Waals surface area contributed by atoms with Crippen molar-refractivity contribution in [2.24, 2.45) is 5.10 Å². The maximum absolute atomic E-state index is 12.6. The van der Waals surface area contributed by atoms with Crippen molar-refractivity contribution in [2.75, 3.05) is 12.4 Å². The van der Waals surface area contributed by atoms with E-state index in [1.807, 2.05) is 47.9 Å². The van der Waals surface area contributed by atoms with Crippen LogP contribution in [-0.2, 0) is 15.0 Å². The molecule has 206 valence electrons. The zero-order chi connectivity index (χ0) is 28.7. The molecule has 0 saturated heterocycles. The molecular weight excluding hydrogens is 526 g/mol. The van der Waals surface area contributed by atoms with Crippen LogP contribution in [0, 0.1) is 6.92 Å². The van der Waals surface area contributed by atoms with E-state index in [1.54, 1.807) is 24.3 Å². The number of hydrazone groups is 1. The first-order chi connectivity index (χ1) is 19.1. The number of carbonyl (C=O) groups is 2. The van der Waals surface area contributed by atoms with E-state index >= 15 is 0 Å². The minimum absolute atomic E-state index is 0.0328. The average Bonchev–Trinajstić information content (AvgIpc) is 3.35. The van der Waals surface area contributed by atoms with Crippen LogP contribution < -0.4 is 15.3 Å². The number of amides is 1. The summed E-state index contributed by atoms with van der Waals surface area (Å²) in [5.41, 5.74) is 7.19. The molecule has 1 heterocycles. The van der Waals surface area contributed by atoms with Gasteiger partial charge >= 0.3 is 0 Å². The van der Waals surface area contributed by atoms with Crippen LogP contribution in [0.15, 0.2) is 83.1 Å². The molecule has 4 aromatic rings. The normalized spacial score (nSPS) is 11.5. The van der Waals surface area contributed by atoms with E-state index in [0.29, 0.717) is 22.3 Å². The highest BCUT2D eigenvalue weighted by Gasteiger charge is 2.19. The molecule has 1 amide bonds. The van der Waals surface area contributed by atoms with Crippen LogP contribution in [0.4, 0.5) is 0 Å². The minimum Gasteiger partial charge on any atom is -0.546 e. The Bertz CT molecular complexity index is 1510. The van der Waals surface area contributed by atoms with Gasteiger partial charge in [0.2, 0.25) is 0 Å². The number of aryl methyl sites for hydroxylation is 1. The summed E-state index contributed by atoms with van der Waals surface area (Å²) in [6.45, 7) is 7.95. The summed E-state index contributed by atoms with van der Waals surface area (Å²) >= 11 is 1.24. The fourth-order valence-electron chi connectivity index (χ4n) is 3.79. The number of benzene rings is 3. The van der Waals surface area contributed by atoms with Crippen molar-refractivity contribution in [3.63, 3.8) is 0 Å². The van der Waals surface area contributed by atoms with Crippen LogP contribution >= 0.6 is 11.8 Å². The third kappa shape index (κ3) is 7.35. The number of hydrogen-bond acceptors (Lipinski definition) is 8. The van der Waals surface area contributed by atoms with E-state index in [0.717, 1.165) is 16.8 Å². The van der Waals surface area contributed by atoms with Gasteiger partial charge in [-0.2, -0.15) is 5.10 Å². The zero-order valence-corrected chi connectivity index (χ0v) is 23.6. The molecular formula is C30H30N5O4S-. The first-order valence-corrected chi connectivity index (χ1v) is 13.6. The number of carboxylic acids is 1. The molecule has 9 nitrogen and oxygen atoms in total. The van der Waals surface area contributed by atoms with Gasteiger partial charge in [-0.05, 0) is 42.2 Å². The van der Waals surface area contributed by atoms with Gasteiger partial charge in [-0.1, -0.05) is 86.6 Å². The van der Waals surface area contributed by atoms with Crippen LogP contribution in [-0.4, -0.2) is 45.2 Å². The van der Waals surface area contributed by atoms with Gasteiger partial charge in [0.15, 0.2) is 11.0 Å². The molecule has 0 aliphatic heterocycles. The molecule has 0 aliphatic carbocycles. The molecule has 40 heavy (non-hydrogen) atoms. The van der Waals surface area contributed by atoms with Gasteiger partial charge in [0.25, 0.3) is 5.91 Å². The molecule has 0 aliphatic rings. The highest BCUT2D eigenvalue weighted by Crippen LogP contribution is 2.30. The van der Waals surface area contributed by atoms with Crippen LogP contribution in [0.25, 0.3) is 17.1 Å². The summed E-state index contributed by atoms with van der Waals surface area (Å²) in [6, 6.07) is 23.1. The molecule has 0 unspecified atom stereocenters. The Balaban J connectivity index is 1.49. The number of hydrogen-bond donors (Lipinski definition) is 1. The lowest BCUT2D eigenvalue weighted by molar-refractivity contribution is -0.307. The number of carboxylic acid groups (broad SMARTS) is 1. The van der Waals surface area contributed by atoms with Crippen molar-refractivity contribution in [1.29, 1.82) is 0 Å². The molecule has 1 aromatic heterocycles. The lowest BCUT2D eigenvalue weighted by Crippen LogP contribution is -2.29. The third-order valence-electron chi connectivity index (χ3n) is 5.92. The topological polar surface area (TPSA) is 122 Å². The van der Waals surface area contributed by atoms with E-state index in [4.69, 9.17) is 4.74 Å². The van der Waals surface area contributed by atoms with E-state index < -0.39 is 12.6 Å². The molecule has 3 aromatic carbocycles. The van der Waals surface area contributed by atoms with Crippen LogP contribution in [0.3, 0.4) is 0 Å². The second kappa shape index (κ2) is 12.6. The number of aliphatic carboxylic acids is 1. The van der Waals surface area contributed by atoms with Crippen molar-refractivity contribution in [3.8, 4) is 22.8 Å². The highest BCUT2D eigenvalue weighted by atomic mass is 32.2. The predicted octanol–water partition coefficient (Wildman–Crippen LogP) is 3.91. The molecule has 10 heteroatoms. The number of carbonyl (C=O) groups excluding carboxylic acids is 2. The first kappa shape index (κ1) is 28.6. The lowest BCUT2D eigenvalue weighted by Gasteiger charge is -2.19. The fourth-order valence-corrected chi connectivity index (χ4v) is 4.53. The number of rotatable bonds is 10. The molecule has 0 bridgehead atoms. The van der Waals surface area contributed by atoms with E-state index in [9.17, 15) is 14.7 Å². The number of para-hydroxylation sites is 1. The zero-order valence-electron chi connectivity index (χ0n) is 22.7. The van der Waals surface area contributed by atoms with Crippen molar-refractivity contribution in [2.45, 2.75) is 38.3 Å². The fraction of sp³-hybridized carbons (Fsp3) is 0.233. The van der Waals surface area contributed by atoms with E-state index in [2.05, 4.69) is 53.6 Å². The maximum Gasteiger partial charge on any atom is 0.250 e. The van der Waals surface area contributed by atoms with Crippen LogP contribution in [0.1, 0.15) is 37.5 Å². The number of ether oxygens (including phenoxy) is 1. The van der Waals surface area contributed by atoms with Crippen molar-refractivity contribution < 1.29 is 19.4 Å². The number of nitrogens with zero attached hydrogens (tertiary/aromatic N) is 4. The Morgan fingerprint density at radius 2 is 1.73 bits per heavy atom. The van der Waals surface area contributed by atoms with Crippen LogP contribution in [0.2, 0.25) is 0 Å². The summed E-state index contributed by atoms with van der Waals surface area (Å²) in [4.78, 5) is 23.3. The van der Waals surface area contributed by atoms with Crippen molar-refractivity contribution in [1.82, 2.24) is 20.2 Å². The average molecular weight is 557 g/mol. The van der Waals surface area contributed by atoms with E-state index in [-0.39, 0.29) is 17.1 Å². The molecule has 1 N–H and O–H groups in total. The second-order valence-corrected chi connectivity index (χ2v) is 11.0. The summed E-state index contributed by atoms with van der Waals surface area (Å²) in [5.74, 6) is -0.635. The van der Waals surface area contributed by atoms with Gasteiger partial charge < -0.3 is 14.6 Å². The molecule has 0 atom stereocenters.